The molecule has 4 heteroatoms. The SMILES string of the molecule is CC(C)c1cccc(C(C)C)c1N1/C(=[SiH]/[SiH]=C2/N(c3c(C(C)C)cccc3C(C)C)C(C)(C)CC2(C)C)C(C)(C)CC1(C)C. The lowest BCUT2D eigenvalue weighted by atomic mass is 9.85. The summed E-state index contributed by atoms with van der Waals surface area (Å²) >= 11 is 0. The Bertz CT molecular complexity index is 1270. The zero-order chi connectivity index (χ0) is 33.2. The van der Waals surface area contributed by atoms with E-state index in [1.165, 1.54) is 46.5 Å². The summed E-state index contributed by atoms with van der Waals surface area (Å²) in [5, 5.41) is 3.48. The van der Waals surface area contributed by atoms with E-state index in [2.05, 4.69) is 157 Å². The van der Waals surface area contributed by atoms with Crippen molar-refractivity contribution in [1.82, 2.24) is 0 Å². The monoisotopic (exact) mass is 628 g/mol. The number of anilines is 2. The average molecular weight is 629 g/mol. The molecule has 4 rings (SSSR count). The van der Waals surface area contributed by atoms with Crippen LogP contribution in [0.3, 0.4) is 0 Å². The Hall–Kier alpha value is -1.79. The fourth-order valence-electron chi connectivity index (χ4n) is 8.90. The highest BCUT2D eigenvalue weighted by atomic mass is 29.1. The van der Waals surface area contributed by atoms with E-state index in [1.54, 1.807) is 10.6 Å². The summed E-state index contributed by atoms with van der Waals surface area (Å²) in [5.41, 5.74) is 9.64. The van der Waals surface area contributed by atoms with E-state index in [0.717, 1.165) is 0 Å². The molecule has 2 aliphatic rings. The average Bonchev–Trinajstić information content (AvgIpc) is 3.18. The third kappa shape index (κ3) is 6.28. The lowest BCUT2D eigenvalue weighted by molar-refractivity contribution is 0.404. The molecule has 2 nitrogen and oxygen atoms in total. The van der Waals surface area contributed by atoms with Crippen molar-refractivity contribution in [3.05, 3.63) is 58.7 Å². The van der Waals surface area contributed by atoms with Gasteiger partial charge in [0.05, 0.1) is 0 Å². The summed E-state index contributed by atoms with van der Waals surface area (Å²) in [4.78, 5) is 5.78. The fraction of sp³-hybridized carbons (Fsp3) is 0.650. The summed E-state index contributed by atoms with van der Waals surface area (Å²) in [6, 6.07) is 14.2. The van der Waals surface area contributed by atoms with E-state index in [1.807, 2.05) is 0 Å². The van der Waals surface area contributed by atoms with Gasteiger partial charge >= 0.3 is 0 Å². The van der Waals surface area contributed by atoms with Gasteiger partial charge in [-0.2, -0.15) is 0 Å². The van der Waals surface area contributed by atoms with Crippen LogP contribution < -0.4 is 9.80 Å². The summed E-state index contributed by atoms with van der Waals surface area (Å²) < 4.78 is 0. The van der Waals surface area contributed by atoms with Gasteiger partial charge in [-0.15, -0.1) is 0 Å². The summed E-state index contributed by atoms with van der Waals surface area (Å²) in [5.74, 6) is 1.97. The minimum atomic E-state index is 0.0871. The van der Waals surface area contributed by atoms with Crippen LogP contribution in [0, 0.1) is 10.8 Å². The van der Waals surface area contributed by atoms with Crippen molar-refractivity contribution in [1.29, 1.82) is 0 Å². The van der Waals surface area contributed by atoms with Gasteiger partial charge in [-0.1, -0.05) is 119 Å². The molecule has 0 spiro atoms. The lowest BCUT2D eigenvalue weighted by Gasteiger charge is -2.40. The molecule has 2 aromatic rings. The van der Waals surface area contributed by atoms with Gasteiger partial charge in [0, 0.05) is 50.6 Å². The highest BCUT2D eigenvalue weighted by molar-refractivity contribution is 7.08. The second kappa shape index (κ2) is 12.1. The van der Waals surface area contributed by atoms with E-state index in [0.29, 0.717) is 23.7 Å². The predicted molar refractivity (Wildman–Crippen MR) is 203 cm³/mol. The van der Waals surface area contributed by atoms with Crippen LogP contribution in [-0.4, -0.2) is 39.0 Å². The maximum absolute atomic E-state index is 2.89. The predicted octanol–water partition coefficient (Wildman–Crippen LogP) is 9.96. The van der Waals surface area contributed by atoms with Gasteiger partial charge in [-0.05, 0) is 97.0 Å². The van der Waals surface area contributed by atoms with E-state index >= 15 is 0 Å². The Labute approximate surface area is 276 Å². The number of rotatable bonds is 7. The molecule has 2 fully saturated rings. The maximum atomic E-state index is 2.89. The normalized spacial score (nSPS) is 22.5. The molecular weight excluding hydrogens is 565 g/mol. The first-order valence-electron chi connectivity index (χ1n) is 17.4. The van der Waals surface area contributed by atoms with Crippen molar-refractivity contribution >= 4 is 39.3 Å². The standard InChI is InChI=1S/C40H64N2Si2/c1-25(2)29-19-17-20-30(26(3)4)33(29)41-35(37(9,10)23-39(41,13)14)43-44-36-38(11,12)24-40(15,16)42(36)34-31(27(5)6)21-18-22-32(34)28(7)8/h17-22,25-28,43-44H,23-24H2,1-16H3/b43-35+,44-36+. The van der Waals surface area contributed by atoms with Gasteiger partial charge in [-0.25, -0.2) is 0 Å². The third-order valence-corrected chi connectivity index (χ3v) is 15.6. The van der Waals surface area contributed by atoms with Crippen LogP contribution in [0.15, 0.2) is 36.4 Å². The molecular formula is C40H64N2Si2. The summed E-state index contributed by atoms with van der Waals surface area (Å²) in [7, 11) is 0.270. The van der Waals surface area contributed by atoms with Crippen LogP contribution in [-0.2, 0) is 0 Å². The van der Waals surface area contributed by atoms with Crippen LogP contribution in [0.5, 0.6) is 0 Å². The van der Waals surface area contributed by atoms with Gasteiger partial charge in [0.2, 0.25) is 0 Å². The number of para-hydroxylation sites is 2. The molecule has 0 N–H and O–H groups in total. The highest BCUT2D eigenvalue weighted by Crippen LogP contribution is 2.50. The van der Waals surface area contributed by atoms with Crippen molar-refractivity contribution in [2.75, 3.05) is 9.80 Å². The Morgan fingerprint density at radius 1 is 0.477 bits per heavy atom. The van der Waals surface area contributed by atoms with Crippen LogP contribution in [0.1, 0.15) is 170 Å². The van der Waals surface area contributed by atoms with Crippen LogP contribution in [0.2, 0.25) is 0 Å². The minimum absolute atomic E-state index is 0.0871. The Balaban J connectivity index is 2.04. The highest BCUT2D eigenvalue weighted by Gasteiger charge is 2.50. The van der Waals surface area contributed by atoms with E-state index < -0.39 is 0 Å². The maximum Gasteiger partial charge on any atom is 0.0480 e. The van der Waals surface area contributed by atoms with Gasteiger partial charge in [0.15, 0.2) is 0 Å². The Kier molecular flexibility index (Phi) is 9.65. The third-order valence-electron chi connectivity index (χ3n) is 10.4. The second-order valence-electron chi connectivity index (χ2n) is 17.7. The van der Waals surface area contributed by atoms with Gasteiger partial charge in [-0.3, -0.25) is 0 Å². The molecule has 2 saturated heterocycles. The van der Waals surface area contributed by atoms with Crippen molar-refractivity contribution in [3.8, 4) is 0 Å². The quantitative estimate of drug-likeness (QED) is 0.282. The molecule has 2 aliphatic heterocycles. The van der Waals surface area contributed by atoms with E-state index in [4.69, 9.17) is 0 Å². The molecule has 0 unspecified atom stereocenters. The second-order valence-corrected chi connectivity index (χ2v) is 21.5. The van der Waals surface area contributed by atoms with Crippen LogP contribution in [0.25, 0.3) is 0 Å². The first-order valence-corrected chi connectivity index (χ1v) is 21.2. The molecule has 2 aromatic carbocycles. The van der Waals surface area contributed by atoms with Gasteiger partial charge in [0.25, 0.3) is 0 Å². The largest absolute Gasteiger partial charge is 0.343 e. The molecule has 0 amide bonds. The molecule has 2 heterocycles. The number of hydrogen-bond acceptors (Lipinski definition) is 2. The minimum Gasteiger partial charge on any atom is -0.343 e. The summed E-state index contributed by atoms with van der Waals surface area (Å²) in [6.07, 6.45) is 2.40. The first-order chi connectivity index (χ1) is 20.1. The van der Waals surface area contributed by atoms with Crippen molar-refractivity contribution in [3.63, 3.8) is 0 Å². The number of hydrogen-bond donors (Lipinski definition) is 0. The van der Waals surface area contributed by atoms with Gasteiger partial charge in [0.1, 0.15) is 0 Å². The lowest BCUT2D eigenvalue weighted by Crippen LogP contribution is -2.47. The molecule has 0 aromatic heterocycles. The zero-order valence-corrected chi connectivity index (χ0v) is 33.5. The van der Waals surface area contributed by atoms with Crippen LogP contribution >= 0.6 is 0 Å². The molecule has 0 atom stereocenters. The molecule has 0 saturated carbocycles. The first kappa shape index (κ1) is 35.1. The number of nitrogens with zero attached hydrogens (tertiary/aromatic N) is 2. The van der Waals surface area contributed by atoms with Crippen LogP contribution in [0.4, 0.5) is 11.4 Å². The summed E-state index contributed by atoms with van der Waals surface area (Å²) in [6.45, 7) is 39.2. The van der Waals surface area contributed by atoms with E-state index in [9.17, 15) is 0 Å². The van der Waals surface area contributed by atoms with Crippen molar-refractivity contribution in [2.24, 2.45) is 10.8 Å². The molecule has 0 radical (unpaired) electrons. The molecule has 242 valence electrons. The molecule has 0 bridgehead atoms. The Morgan fingerprint density at radius 3 is 0.955 bits per heavy atom. The Morgan fingerprint density at radius 2 is 0.727 bits per heavy atom. The molecule has 0 aliphatic carbocycles. The van der Waals surface area contributed by atoms with E-state index in [-0.39, 0.29) is 39.2 Å². The van der Waals surface area contributed by atoms with Gasteiger partial charge < -0.3 is 9.80 Å². The van der Waals surface area contributed by atoms with Crippen molar-refractivity contribution < 1.29 is 0 Å². The zero-order valence-electron chi connectivity index (χ0n) is 31.2. The molecule has 44 heavy (non-hydrogen) atoms. The number of benzene rings is 2. The van der Waals surface area contributed by atoms with Crippen molar-refractivity contribution in [2.45, 2.75) is 158 Å². The topological polar surface area (TPSA) is 6.48 Å². The fourth-order valence-corrected chi connectivity index (χ4v) is 16.1. The smallest absolute Gasteiger partial charge is 0.0480 e.